The lowest BCUT2D eigenvalue weighted by Gasteiger charge is -2.43. The lowest BCUT2D eigenvalue weighted by molar-refractivity contribution is -0.300. The van der Waals surface area contributed by atoms with Crippen LogP contribution in [-0.4, -0.2) is 67.5 Å². The van der Waals surface area contributed by atoms with Gasteiger partial charge in [-0.3, -0.25) is 0 Å². The Hall–Kier alpha value is -4.25. The van der Waals surface area contributed by atoms with Crippen molar-refractivity contribution < 1.29 is 38.4 Å². The molecule has 3 aromatic carbocycles. The highest BCUT2D eigenvalue weighted by molar-refractivity contribution is 5.90. The largest absolute Gasteiger partial charge is 0.452 e. The maximum atomic E-state index is 13.0. The van der Waals surface area contributed by atoms with E-state index in [1.54, 1.807) is 60.7 Å². The standard InChI is InChI=1S/C29H29N3O8/c30-32-31-16-17-37-29-26(40-28(35)22-14-8-3-9-15-22)25(39-27(34)21-12-6-2-7-13-21)24(33)23(38-29)19-36-18-20-10-4-1-5-11-20/h1-15,23-26,29,33H,16-19H2/t23-,24-,25+,26-,29-/m1/s1. The van der Waals surface area contributed by atoms with Crippen molar-refractivity contribution in [1.82, 2.24) is 0 Å². The minimum atomic E-state index is -1.44. The van der Waals surface area contributed by atoms with Crippen LogP contribution in [0.5, 0.6) is 0 Å². The molecule has 208 valence electrons. The summed E-state index contributed by atoms with van der Waals surface area (Å²) in [6.45, 7) is 0.0603. The van der Waals surface area contributed by atoms with Crippen LogP contribution in [0.3, 0.4) is 0 Å². The van der Waals surface area contributed by atoms with Crippen molar-refractivity contribution >= 4 is 11.9 Å². The van der Waals surface area contributed by atoms with Crippen molar-refractivity contribution in [2.75, 3.05) is 19.8 Å². The molecule has 0 bridgehead atoms. The Morgan fingerprint density at radius 1 is 0.850 bits per heavy atom. The predicted molar refractivity (Wildman–Crippen MR) is 142 cm³/mol. The summed E-state index contributed by atoms with van der Waals surface area (Å²) in [5, 5.41) is 14.8. The molecule has 1 aliphatic rings. The highest BCUT2D eigenvalue weighted by atomic mass is 16.7. The van der Waals surface area contributed by atoms with Crippen molar-refractivity contribution in [3.8, 4) is 0 Å². The van der Waals surface area contributed by atoms with Crippen LogP contribution in [0.15, 0.2) is 96.1 Å². The minimum Gasteiger partial charge on any atom is -0.452 e. The van der Waals surface area contributed by atoms with Gasteiger partial charge < -0.3 is 28.8 Å². The molecule has 11 nitrogen and oxygen atoms in total. The first-order chi connectivity index (χ1) is 19.6. The van der Waals surface area contributed by atoms with Gasteiger partial charge in [0.25, 0.3) is 0 Å². The summed E-state index contributed by atoms with van der Waals surface area (Å²) >= 11 is 0. The summed E-state index contributed by atoms with van der Waals surface area (Å²) < 4.78 is 29.0. The molecule has 4 rings (SSSR count). The maximum absolute atomic E-state index is 13.0. The molecule has 40 heavy (non-hydrogen) atoms. The molecular formula is C29H29N3O8. The number of azide groups is 1. The van der Waals surface area contributed by atoms with Gasteiger partial charge in [-0.05, 0) is 35.4 Å². The van der Waals surface area contributed by atoms with E-state index in [0.717, 1.165) is 5.56 Å². The number of aliphatic hydroxyl groups is 1. The number of hydrogen-bond acceptors (Lipinski definition) is 9. The second-order valence-corrected chi connectivity index (χ2v) is 8.83. The van der Waals surface area contributed by atoms with Gasteiger partial charge in [-0.2, -0.15) is 0 Å². The van der Waals surface area contributed by atoms with Crippen molar-refractivity contribution in [2.45, 2.75) is 37.3 Å². The molecule has 0 aliphatic carbocycles. The maximum Gasteiger partial charge on any atom is 0.338 e. The first-order valence-electron chi connectivity index (χ1n) is 12.7. The fraction of sp³-hybridized carbons (Fsp3) is 0.310. The molecule has 1 saturated heterocycles. The van der Waals surface area contributed by atoms with E-state index in [1.165, 1.54) is 0 Å². The quantitative estimate of drug-likeness (QED) is 0.117. The third-order valence-corrected chi connectivity index (χ3v) is 6.05. The molecule has 3 aromatic rings. The fourth-order valence-electron chi connectivity index (χ4n) is 4.08. The number of esters is 2. The van der Waals surface area contributed by atoms with Gasteiger partial charge in [0.2, 0.25) is 0 Å². The van der Waals surface area contributed by atoms with Gasteiger partial charge >= 0.3 is 11.9 Å². The van der Waals surface area contributed by atoms with Crippen LogP contribution < -0.4 is 0 Å². The minimum absolute atomic E-state index is 0.0259. The van der Waals surface area contributed by atoms with Gasteiger partial charge in [0.15, 0.2) is 18.5 Å². The second-order valence-electron chi connectivity index (χ2n) is 8.83. The van der Waals surface area contributed by atoms with Crippen LogP contribution in [0.4, 0.5) is 0 Å². The van der Waals surface area contributed by atoms with E-state index in [-0.39, 0.29) is 37.5 Å². The first-order valence-corrected chi connectivity index (χ1v) is 12.7. The van der Waals surface area contributed by atoms with E-state index in [1.807, 2.05) is 30.3 Å². The van der Waals surface area contributed by atoms with E-state index in [0.29, 0.717) is 0 Å². The number of aliphatic hydroxyl groups excluding tert-OH is 1. The topological polar surface area (TPSA) is 149 Å². The molecule has 1 heterocycles. The Labute approximate surface area is 230 Å². The Balaban J connectivity index is 1.58. The zero-order chi connectivity index (χ0) is 28.2. The van der Waals surface area contributed by atoms with E-state index >= 15 is 0 Å². The third kappa shape index (κ3) is 7.89. The van der Waals surface area contributed by atoms with Gasteiger partial charge in [-0.1, -0.05) is 71.8 Å². The van der Waals surface area contributed by atoms with Gasteiger partial charge in [0.1, 0.15) is 12.2 Å². The van der Waals surface area contributed by atoms with E-state index in [4.69, 9.17) is 29.2 Å². The number of hydrogen-bond donors (Lipinski definition) is 1. The number of carbonyl (C=O) groups excluding carboxylic acids is 2. The molecular weight excluding hydrogens is 518 g/mol. The number of rotatable bonds is 12. The fourth-order valence-corrected chi connectivity index (χ4v) is 4.08. The normalized spacial score (nSPS) is 22.1. The smallest absolute Gasteiger partial charge is 0.338 e. The molecule has 1 N–H and O–H groups in total. The third-order valence-electron chi connectivity index (χ3n) is 6.05. The zero-order valence-electron chi connectivity index (χ0n) is 21.5. The van der Waals surface area contributed by atoms with E-state index < -0.39 is 42.6 Å². The Kier molecular flexibility index (Phi) is 10.6. The summed E-state index contributed by atoms with van der Waals surface area (Å²) in [7, 11) is 0. The molecule has 0 aromatic heterocycles. The summed E-state index contributed by atoms with van der Waals surface area (Å²) in [4.78, 5) is 28.7. The van der Waals surface area contributed by atoms with E-state index in [9.17, 15) is 14.7 Å². The Bertz CT molecular complexity index is 1270. The van der Waals surface area contributed by atoms with Crippen LogP contribution in [0.1, 0.15) is 26.3 Å². The van der Waals surface area contributed by atoms with Gasteiger partial charge in [0.05, 0.1) is 30.9 Å². The van der Waals surface area contributed by atoms with Crippen molar-refractivity contribution in [2.24, 2.45) is 5.11 Å². The van der Waals surface area contributed by atoms with Gasteiger partial charge in [0, 0.05) is 11.5 Å². The van der Waals surface area contributed by atoms with Crippen LogP contribution in [0.25, 0.3) is 10.4 Å². The van der Waals surface area contributed by atoms with Gasteiger partial charge in [-0.15, -0.1) is 0 Å². The average molecular weight is 548 g/mol. The highest BCUT2D eigenvalue weighted by Gasteiger charge is 2.50. The lowest BCUT2D eigenvalue weighted by Crippen LogP contribution is -2.62. The summed E-state index contributed by atoms with van der Waals surface area (Å²) in [5.41, 5.74) is 10.0. The summed E-state index contributed by atoms with van der Waals surface area (Å²) in [5.74, 6) is -1.46. The average Bonchev–Trinajstić information content (AvgIpc) is 3.00. The molecule has 1 fully saturated rings. The number of nitrogens with zero attached hydrogens (tertiary/aromatic N) is 3. The van der Waals surface area contributed by atoms with Crippen LogP contribution in [0, 0.1) is 0 Å². The van der Waals surface area contributed by atoms with Crippen LogP contribution in [-0.2, 0) is 30.3 Å². The molecule has 0 radical (unpaired) electrons. The molecule has 11 heteroatoms. The van der Waals surface area contributed by atoms with Crippen LogP contribution in [0.2, 0.25) is 0 Å². The number of carbonyl (C=O) groups is 2. The number of benzene rings is 3. The molecule has 0 unspecified atom stereocenters. The lowest BCUT2D eigenvalue weighted by atomic mass is 9.98. The van der Waals surface area contributed by atoms with Crippen molar-refractivity contribution in [1.29, 1.82) is 0 Å². The molecule has 1 aliphatic heterocycles. The monoisotopic (exact) mass is 547 g/mol. The first kappa shape index (κ1) is 28.8. The highest BCUT2D eigenvalue weighted by Crippen LogP contribution is 2.29. The Morgan fingerprint density at radius 3 is 1.98 bits per heavy atom. The van der Waals surface area contributed by atoms with Crippen LogP contribution >= 0.6 is 0 Å². The summed E-state index contributed by atoms with van der Waals surface area (Å²) in [6, 6.07) is 25.9. The second kappa shape index (κ2) is 14.8. The van der Waals surface area contributed by atoms with Crippen molar-refractivity contribution in [3.63, 3.8) is 0 Å². The van der Waals surface area contributed by atoms with E-state index in [2.05, 4.69) is 10.0 Å². The van der Waals surface area contributed by atoms with Crippen molar-refractivity contribution in [3.05, 3.63) is 118 Å². The Morgan fingerprint density at radius 2 is 1.40 bits per heavy atom. The van der Waals surface area contributed by atoms with Gasteiger partial charge in [-0.25, -0.2) is 9.59 Å². The molecule has 0 amide bonds. The summed E-state index contributed by atoms with van der Waals surface area (Å²) in [6.07, 6.45) is -6.44. The predicted octanol–water partition coefficient (Wildman–Crippen LogP) is 4.07. The zero-order valence-corrected chi connectivity index (χ0v) is 21.5. The SMILES string of the molecule is [N-]=[N+]=NCCO[C@@H]1O[C@H](COCc2ccccc2)[C@@H](O)[C@H](OC(=O)c2ccccc2)[C@H]1OC(=O)c1ccccc1. The molecule has 0 saturated carbocycles. The number of ether oxygens (including phenoxy) is 5. The molecule has 5 atom stereocenters. The molecule has 0 spiro atoms.